The Morgan fingerprint density at radius 2 is 1.76 bits per heavy atom. The molecule has 2 unspecified atom stereocenters. The number of hydrogen-bond acceptors (Lipinski definition) is 6. The summed E-state index contributed by atoms with van der Waals surface area (Å²) in [6, 6.07) is 5.90. The maximum atomic E-state index is 14.9. The zero-order chi connectivity index (χ0) is 33.2. The van der Waals surface area contributed by atoms with Crippen molar-refractivity contribution >= 4 is 23.4 Å². The van der Waals surface area contributed by atoms with Gasteiger partial charge in [0.15, 0.2) is 0 Å². The molecule has 3 amide bonds. The van der Waals surface area contributed by atoms with Crippen LogP contribution in [0.2, 0.25) is 0 Å². The number of hydrogen-bond donors (Lipinski definition) is 1. The van der Waals surface area contributed by atoms with Gasteiger partial charge in [0, 0.05) is 24.8 Å². The molecule has 0 radical (unpaired) electrons. The average Bonchev–Trinajstić information content (AvgIpc) is 3.62. The van der Waals surface area contributed by atoms with Crippen LogP contribution >= 0.6 is 0 Å². The lowest BCUT2D eigenvalue weighted by Crippen LogP contribution is -2.60. The van der Waals surface area contributed by atoms with E-state index in [0.717, 1.165) is 32.1 Å². The first kappa shape index (κ1) is 34.2. The summed E-state index contributed by atoms with van der Waals surface area (Å²) in [5.74, 6) is -1.42. The number of ether oxygens (including phenoxy) is 2. The number of anilines is 1. The predicted octanol–water partition coefficient (Wildman–Crippen LogP) is 5.12. The molecule has 9 nitrogen and oxygen atoms in total. The van der Waals surface area contributed by atoms with Crippen molar-refractivity contribution in [3.63, 3.8) is 0 Å². The van der Waals surface area contributed by atoms with E-state index in [2.05, 4.69) is 13.2 Å². The third kappa shape index (κ3) is 5.89. The molecule has 1 aliphatic carbocycles. The Morgan fingerprint density at radius 1 is 1.09 bits per heavy atom. The van der Waals surface area contributed by atoms with Gasteiger partial charge in [-0.15, -0.1) is 13.2 Å². The third-order valence-electron chi connectivity index (χ3n) is 10.7. The molecule has 1 saturated carbocycles. The van der Waals surface area contributed by atoms with Crippen LogP contribution < -0.4 is 9.64 Å². The van der Waals surface area contributed by atoms with Gasteiger partial charge in [-0.05, 0) is 76.1 Å². The van der Waals surface area contributed by atoms with Crippen LogP contribution in [0.3, 0.4) is 0 Å². The summed E-state index contributed by atoms with van der Waals surface area (Å²) in [5.41, 5.74) is -1.42. The van der Waals surface area contributed by atoms with Crippen LogP contribution in [0.1, 0.15) is 79.1 Å². The number of aliphatic hydroxyl groups is 1. The van der Waals surface area contributed by atoms with Crippen molar-refractivity contribution in [2.75, 3.05) is 31.2 Å². The van der Waals surface area contributed by atoms with Crippen LogP contribution in [0.25, 0.3) is 0 Å². The molecule has 3 heterocycles. The van der Waals surface area contributed by atoms with E-state index in [0.29, 0.717) is 43.9 Å². The number of fused-ring (bicyclic) bond motifs is 1. The van der Waals surface area contributed by atoms with Crippen LogP contribution in [-0.4, -0.2) is 88.3 Å². The first-order valence-electron chi connectivity index (χ1n) is 17.3. The number of amides is 3. The highest BCUT2D eigenvalue weighted by Gasteiger charge is 2.79. The van der Waals surface area contributed by atoms with Gasteiger partial charge >= 0.3 is 0 Å². The van der Waals surface area contributed by atoms with E-state index in [9.17, 15) is 19.5 Å². The number of carbonyl (C=O) groups excluding carboxylic acids is 3. The third-order valence-corrected chi connectivity index (χ3v) is 10.7. The Morgan fingerprint density at radius 3 is 2.35 bits per heavy atom. The van der Waals surface area contributed by atoms with Crippen molar-refractivity contribution in [2.45, 2.75) is 108 Å². The van der Waals surface area contributed by atoms with Crippen molar-refractivity contribution in [1.29, 1.82) is 0 Å². The van der Waals surface area contributed by atoms with Gasteiger partial charge in [0.05, 0.1) is 36.7 Å². The van der Waals surface area contributed by atoms with Crippen molar-refractivity contribution in [3.8, 4) is 5.75 Å². The van der Waals surface area contributed by atoms with Crippen molar-refractivity contribution in [1.82, 2.24) is 9.80 Å². The second-order valence-electron chi connectivity index (χ2n) is 14.2. The number of aliphatic hydroxyl groups excluding tert-OH is 1. The predicted molar refractivity (Wildman–Crippen MR) is 178 cm³/mol. The van der Waals surface area contributed by atoms with Gasteiger partial charge in [-0.2, -0.15) is 0 Å². The van der Waals surface area contributed by atoms with Crippen LogP contribution in [-0.2, 0) is 19.1 Å². The minimum absolute atomic E-state index is 0.0543. The summed E-state index contributed by atoms with van der Waals surface area (Å²) >= 11 is 0. The molecule has 6 atom stereocenters. The van der Waals surface area contributed by atoms with Crippen LogP contribution in [0.4, 0.5) is 5.69 Å². The Hall–Kier alpha value is -3.17. The molecule has 4 aliphatic rings. The summed E-state index contributed by atoms with van der Waals surface area (Å²) in [7, 11) is 0. The molecule has 0 aromatic heterocycles. The number of nitrogens with zero attached hydrogens (tertiary/aromatic N) is 3. The van der Waals surface area contributed by atoms with Gasteiger partial charge in [-0.1, -0.05) is 45.3 Å². The highest BCUT2D eigenvalue weighted by molar-refractivity contribution is 6.03. The van der Waals surface area contributed by atoms with Crippen molar-refractivity contribution in [3.05, 3.63) is 49.6 Å². The first-order chi connectivity index (χ1) is 22.1. The summed E-state index contributed by atoms with van der Waals surface area (Å²) < 4.78 is 12.6. The zero-order valence-corrected chi connectivity index (χ0v) is 28.2. The van der Waals surface area contributed by atoms with E-state index >= 15 is 0 Å². The minimum atomic E-state index is -1.17. The summed E-state index contributed by atoms with van der Waals surface area (Å²) in [4.78, 5) is 49.7. The van der Waals surface area contributed by atoms with Gasteiger partial charge < -0.3 is 29.3 Å². The molecule has 252 valence electrons. The fourth-order valence-electron chi connectivity index (χ4n) is 8.85. The number of carbonyl (C=O) groups is 3. The van der Waals surface area contributed by atoms with E-state index in [1.54, 1.807) is 22.0 Å². The second-order valence-corrected chi connectivity index (χ2v) is 14.2. The molecule has 2 bridgehead atoms. The highest BCUT2D eigenvalue weighted by atomic mass is 16.5. The lowest BCUT2D eigenvalue weighted by molar-refractivity contribution is -0.157. The van der Waals surface area contributed by atoms with Crippen LogP contribution in [0, 0.1) is 17.8 Å². The topological polar surface area (TPSA) is 99.6 Å². The normalized spacial score (nSPS) is 29.5. The standard InChI is InChI=1S/C37H53N3O6/c1-7-21-38(27-15-17-29(18-16-27)45-9-3)33(42)30-31-34(43)40(28(24-41)23-25(4)5)32(37(31)20-19-36(30,6)46-37)35(44)39(22-8-2)26-13-11-10-12-14-26/h7-8,15-18,25-26,28,30-32,41H,1-2,9-14,19-24H2,3-6H3/t28-,30-,31+,32?,36+,37?/m1/s1. The summed E-state index contributed by atoms with van der Waals surface area (Å²) in [5, 5.41) is 10.7. The van der Waals surface area contributed by atoms with Gasteiger partial charge in [-0.3, -0.25) is 14.4 Å². The number of benzene rings is 1. The SMILES string of the molecule is C=CCN(C(=O)[C@H]1[C@H]2C(=O)N([C@@H](CO)CC(C)C)C(C(=O)N(CC=C)C3CCCCC3)C23CC[C@]1(C)O3)c1ccc(OCC)cc1. The Balaban J connectivity index is 1.58. The monoisotopic (exact) mass is 635 g/mol. The number of rotatable bonds is 14. The fourth-order valence-corrected chi connectivity index (χ4v) is 8.85. The maximum absolute atomic E-state index is 14.9. The molecule has 1 aromatic rings. The van der Waals surface area contributed by atoms with Gasteiger partial charge in [0.1, 0.15) is 17.4 Å². The van der Waals surface area contributed by atoms with E-state index < -0.39 is 35.1 Å². The molecule has 1 N–H and O–H groups in total. The lowest BCUT2D eigenvalue weighted by atomic mass is 9.66. The fraction of sp³-hybridized carbons (Fsp3) is 0.649. The molecule has 5 rings (SSSR count). The Kier molecular flexibility index (Phi) is 10.3. The molecule has 3 aliphatic heterocycles. The molecular formula is C37H53N3O6. The lowest BCUT2D eigenvalue weighted by Gasteiger charge is -2.42. The molecule has 1 aromatic carbocycles. The van der Waals surface area contributed by atoms with E-state index in [1.165, 1.54) is 0 Å². The first-order valence-corrected chi connectivity index (χ1v) is 17.3. The summed E-state index contributed by atoms with van der Waals surface area (Å²) in [6.45, 7) is 16.7. The van der Waals surface area contributed by atoms with Crippen molar-refractivity contribution in [2.24, 2.45) is 17.8 Å². The zero-order valence-electron chi connectivity index (χ0n) is 28.2. The largest absolute Gasteiger partial charge is 0.494 e. The molecule has 3 saturated heterocycles. The van der Waals surface area contributed by atoms with Crippen molar-refractivity contribution < 1.29 is 29.0 Å². The summed E-state index contributed by atoms with van der Waals surface area (Å²) in [6.07, 6.45) is 10.1. The minimum Gasteiger partial charge on any atom is -0.494 e. The van der Waals surface area contributed by atoms with E-state index in [-0.39, 0.29) is 42.8 Å². The Labute approximate surface area is 274 Å². The molecule has 4 fully saturated rings. The number of likely N-dealkylation sites (tertiary alicyclic amines) is 1. The Bertz CT molecular complexity index is 1290. The quantitative estimate of drug-likeness (QED) is 0.285. The molecule has 46 heavy (non-hydrogen) atoms. The highest BCUT2D eigenvalue weighted by Crippen LogP contribution is 2.64. The van der Waals surface area contributed by atoms with Gasteiger partial charge in [0.25, 0.3) is 0 Å². The van der Waals surface area contributed by atoms with Crippen LogP contribution in [0.5, 0.6) is 5.75 Å². The van der Waals surface area contributed by atoms with Gasteiger partial charge in [-0.25, -0.2) is 0 Å². The molecular weight excluding hydrogens is 582 g/mol. The molecule has 9 heteroatoms. The van der Waals surface area contributed by atoms with Crippen LogP contribution in [0.15, 0.2) is 49.6 Å². The average molecular weight is 636 g/mol. The maximum Gasteiger partial charge on any atom is 0.248 e. The van der Waals surface area contributed by atoms with E-state index in [4.69, 9.17) is 9.47 Å². The van der Waals surface area contributed by atoms with Gasteiger partial charge in [0.2, 0.25) is 17.7 Å². The smallest absolute Gasteiger partial charge is 0.248 e. The second kappa shape index (κ2) is 13.9. The molecule has 1 spiro atoms. The van der Waals surface area contributed by atoms with E-state index in [1.807, 2.05) is 56.9 Å².